The molecule has 6 rings (SSSR count). The summed E-state index contributed by atoms with van der Waals surface area (Å²) in [5.74, 6) is -14.6. The summed E-state index contributed by atoms with van der Waals surface area (Å²) in [6, 6.07) is -5.93. The maximum absolute atomic E-state index is 13.6. The van der Waals surface area contributed by atoms with Crippen LogP contribution in [0, 0.1) is 0 Å². The lowest BCUT2D eigenvalue weighted by molar-refractivity contribution is -0.389. The fraction of sp³-hybridized carbons (Fsp3) is 0.896. The SMILES string of the molecule is CC(=O)N[C@H]1[C@H](O[C@@H]2[C@H](O)[C@@H](O)[C@H](O[C@H]3[C@H](O)[C@@H](O)[C@H](O)O[C@@H]3CO)O[C@@H]2CO)O[C@H](CO)[C@H](O)[C@@H]1O[C@@H]1O[C@H](CO)[C@H](O)[C@H](O[C@]2(C(=O)O)C[C@H](O)[C@@H](NC(C)=O)[C@H]([C@H](O)[C@@H](CO)O[C@]3(C(=O)O)C[C@H](O)[C@@H](NC(C)=O)[C@H]([C@H](O)[C@H](O)COS(=O)(=O)O)O3)O2)[C@H]1O. The van der Waals surface area contributed by atoms with E-state index < -0.39 is 288 Å². The molecule has 92 heavy (non-hydrogen) atoms. The molecule has 6 saturated heterocycles. The third kappa shape index (κ3) is 17.2. The van der Waals surface area contributed by atoms with Gasteiger partial charge in [0.1, 0.15) is 134 Å². The minimum absolute atomic E-state index is 0.842. The van der Waals surface area contributed by atoms with E-state index in [-0.39, 0.29) is 0 Å². The number of ether oxygens (including phenoxy) is 11. The minimum atomic E-state index is -5.31. The van der Waals surface area contributed by atoms with Crippen molar-refractivity contribution >= 4 is 40.1 Å². The first-order chi connectivity index (χ1) is 42.9. The Labute approximate surface area is 518 Å². The quantitative estimate of drug-likeness (QED) is 0.0340. The van der Waals surface area contributed by atoms with Crippen molar-refractivity contribution in [3.05, 3.63) is 0 Å². The van der Waals surface area contributed by atoms with Gasteiger partial charge in [-0.25, -0.2) is 13.8 Å². The van der Waals surface area contributed by atoms with Crippen molar-refractivity contribution in [3.8, 4) is 0 Å². The van der Waals surface area contributed by atoms with Gasteiger partial charge in [0.15, 0.2) is 25.2 Å². The summed E-state index contributed by atoms with van der Waals surface area (Å²) in [5, 5.41) is 225. The van der Waals surface area contributed by atoms with Crippen LogP contribution in [0.3, 0.4) is 0 Å². The van der Waals surface area contributed by atoms with E-state index >= 15 is 0 Å². The average molecular weight is 1370 g/mol. The summed E-state index contributed by atoms with van der Waals surface area (Å²) in [7, 11) is -5.31. The van der Waals surface area contributed by atoms with Crippen LogP contribution in [0.2, 0.25) is 0 Å². The number of hydrogen-bond acceptors (Lipinski definition) is 37. The highest BCUT2D eigenvalue weighted by molar-refractivity contribution is 7.80. The molecule has 0 aliphatic carbocycles. The van der Waals surface area contributed by atoms with E-state index in [9.17, 15) is 135 Å². The largest absolute Gasteiger partial charge is 0.477 e. The Balaban J connectivity index is 1.30. The first-order valence-electron chi connectivity index (χ1n) is 28.0. The molecule has 0 aromatic heterocycles. The highest BCUT2D eigenvalue weighted by Crippen LogP contribution is 2.42. The lowest BCUT2D eigenvalue weighted by Gasteiger charge is -2.52. The zero-order valence-electron chi connectivity index (χ0n) is 48.5. The molecule has 6 heterocycles. The molecule has 6 aliphatic rings. The van der Waals surface area contributed by atoms with Crippen molar-refractivity contribution in [2.45, 2.75) is 229 Å². The van der Waals surface area contributed by atoms with Crippen LogP contribution in [0.1, 0.15) is 33.6 Å². The number of hydrogen-bond donors (Lipinski definition) is 24. The Bertz CT molecular complexity index is 2580. The number of rotatable bonds is 27. The number of carbonyl (C=O) groups is 5. The van der Waals surface area contributed by atoms with E-state index in [2.05, 4.69) is 20.1 Å². The van der Waals surface area contributed by atoms with E-state index in [4.69, 9.17) is 56.7 Å². The number of aliphatic hydroxyl groups is 18. The third-order valence-electron chi connectivity index (χ3n) is 15.8. The molecule has 24 N–H and O–H groups in total. The molecule has 3 amide bonds. The van der Waals surface area contributed by atoms with E-state index in [1.54, 1.807) is 0 Å². The van der Waals surface area contributed by atoms with Gasteiger partial charge in [0.25, 0.3) is 11.6 Å². The molecule has 44 heteroatoms. The molecule has 0 aromatic carbocycles. The molecule has 0 bridgehead atoms. The number of carboxylic acid groups (broad SMARTS) is 2. The summed E-state index contributed by atoms with van der Waals surface area (Å²) in [6.45, 7) is -4.92. The smallest absolute Gasteiger partial charge is 0.397 e. The monoisotopic (exact) mass is 1370 g/mol. The highest BCUT2D eigenvalue weighted by Gasteiger charge is 2.63. The average Bonchev–Trinajstić information content (AvgIpc) is 0.775. The highest BCUT2D eigenvalue weighted by atomic mass is 32.3. The Kier molecular flexibility index (Phi) is 26.8. The number of carbonyl (C=O) groups excluding carboxylic acids is 3. The number of carboxylic acids is 2. The van der Waals surface area contributed by atoms with Crippen molar-refractivity contribution in [3.63, 3.8) is 0 Å². The number of nitrogens with one attached hydrogen (secondary N) is 3. The Hall–Kier alpha value is -3.94. The summed E-state index contributed by atoms with van der Waals surface area (Å²) < 4.78 is 97.8. The van der Waals surface area contributed by atoms with Crippen LogP contribution in [-0.4, -0.2) is 380 Å². The summed E-state index contributed by atoms with van der Waals surface area (Å²) >= 11 is 0. The van der Waals surface area contributed by atoms with Gasteiger partial charge in [0, 0.05) is 33.6 Å². The van der Waals surface area contributed by atoms with Crippen molar-refractivity contribution < 1.29 is 195 Å². The van der Waals surface area contributed by atoms with Gasteiger partial charge in [-0.3, -0.25) is 18.9 Å². The van der Waals surface area contributed by atoms with Gasteiger partial charge < -0.3 is 170 Å². The number of aliphatic hydroxyl groups excluding tert-OH is 18. The van der Waals surface area contributed by atoms with Gasteiger partial charge in [0.2, 0.25) is 17.7 Å². The first-order valence-corrected chi connectivity index (χ1v) is 29.4. The Morgan fingerprint density at radius 1 is 0.511 bits per heavy atom. The van der Waals surface area contributed by atoms with Crippen LogP contribution in [0.5, 0.6) is 0 Å². The van der Waals surface area contributed by atoms with Crippen molar-refractivity contribution in [2.75, 3.05) is 39.6 Å². The molecular weight excluding hydrogens is 1290 g/mol. The Morgan fingerprint density at radius 2 is 0.924 bits per heavy atom. The second-order valence-corrected chi connectivity index (χ2v) is 23.4. The minimum Gasteiger partial charge on any atom is -0.477 e. The molecule has 0 radical (unpaired) electrons. The van der Waals surface area contributed by atoms with Crippen molar-refractivity contribution in [2.24, 2.45) is 0 Å². The second kappa shape index (κ2) is 32.0. The van der Waals surface area contributed by atoms with Crippen LogP contribution >= 0.6 is 0 Å². The molecule has 6 fully saturated rings. The van der Waals surface area contributed by atoms with Gasteiger partial charge in [0.05, 0.1) is 63.9 Å². The van der Waals surface area contributed by atoms with Crippen LogP contribution in [0.25, 0.3) is 0 Å². The van der Waals surface area contributed by atoms with Gasteiger partial charge in [-0.2, -0.15) is 8.42 Å². The van der Waals surface area contributed by atoms with Crippen LogP contribution in [-0.2, 0) is 90.7 Å². The molecule has 6 aliphatic heterocycles. The van der Waals surface area contributed by atoms with E-state index in [1.807, 2.05) is 0 Å². The zero-order chi connectivity index (χ0) is 69.0. The van der Waals surface area contributed by atoms with Crippen LogP contribution < -0.4 is 16.0 Å². The van der Waals surface area contributed by atoms with Crippen LogP contribution in [0.15, 0.2) is 0 Å². The predicted octanol–water partition coefficient (Wildman–Crippen LogP) is -15.4. The predicted molar refractivity (Wildman–Crippen MR) is 279 cm³/mol. The molecule has 0 unspecified atom stereocenters. The second-order valence-electron chi connectivity index (χ2n) is 22.3. The van der Waals surface area contributed by atoms with Gasteiger partial charge >= 0.3 is 22.3 Å². The third-order valence-corrected chi connectivity index (χ3v) is 16.2. The maximum Gasteiger partial charge on any atom is 0.397 e. The molecule has 32 atom stereocenters. The molecule has 43 nitrogen and oxygen atoms in total. The fourth-order valence-electron chi connectivity index (χ4n) is 11.3. The van der Waals surface area contributed by atoms with E-state index in [0.717, 1.165) is 20.8 Å². The van der Waals surface area contributed by atoms with Gasteiger partial charge in [-0.15, -0.1) is 0 Å². The molecule has 532 valence electrons. The van der Waals surface area contributed by atoms with Gasteiger partial charge in [-0.05, 0) is 0 Å². The lowest BCUT2D eigenvalue weighted by Crippen LogP contribution is -2.72. The van der Waals surface area contributed by atoms with E-state index in [1.165, 1.54) is 0 Å². The fourth-order valence-corrected chi connectivity index (χ4v) is 11.6. The number of aliphatic carboxylic acids is 2. The molecule has 0 aromatic rings. The maximum atomic E-state index is 13.6. The normalized spacial score (nSPS) is 43.4. The van der Waals surface area contributed by atoms with E-state index in [0.29, 0.717) is 0 Å². The summed E-state index contributed by atoms with van der Waals surface area (Å²) in [4.78, 5) is 64.5. The van der Waals surface area contributed by atoms with Gasteiger partial charge in [-0.1, -0.05) is 0 Å². The summed E-state index contributed by atoms with van der Waals surface area (Å²) in [5.41, 5.74) is 0. The topological polar surface area (TPSA) is 691 Å². The standard InChI is InChI=1S/C48H79N3O40S/c1-12(57)49-23-15(60)4-47(45(73)74,89-38(23)26(63)17(62)11-80-92(77,78)79)88-20(8-54)29(66)39-24(50-13(2)58)16(61)5-48(90-39,46(75)76)91-40-28(65)19(7-53)83-44(34(40)71)87-37-25(51-14(3)59)42(82-18(6-52)27(37)64)85-36-22(10-56)84-43(33(70)31(36)68)86-35-21(9-55)81-41(72)32(69)30(35)67/h15-44,52-56,60-72H,4-11H2,1-3H3,(H,49,57)(H,50,58)(H,51,59)(H,73,74)(H,75,76)(H,77,78,79)/t15-,16-,17+,18+,19+,20+,21+,22+,23+,24+,25+,26+,27-,28-,29+,30+,31+,32+,33+,34+,35+,36-,37+,38+,39+,40-,41+,42-,43-,44-,47+,48-/m0/s1. The van der Waals surface area contributed by atoms with Crippen molar-refractivity contribution in [1.82, 2.24) is 16.0 Å². The van der Waals surface area contributed by atoms with Crippen molar-refractivity contribution in [1.29, 1.82) is 0 Å². The van der Waals surface area contributed by atoms with Crippen LogP contribution in [0.4, 0.5) is 0 Å². The zero-order valence-corrected chi connectivity index (χ0v) is 49.4. The molecule has 0 saturated carbocycles. The Morgan fingerprint density at radius 3 is 1.41 bits per heavy atom. The first kappa shape index (κ1) is 77.1. The molecule has 0 spiro atoms. The molecular formula is C48H79N3O40S. The lowest BCUT2D eigenvalue weighted by atomic mass is 9.87. The number of amides is 3. The summed E-state index contributed by atoms with van der Waals surface area (Å²) in [6.07, 6.45) is -62.7.